The van der Waals surface area contributed by atoms with Gasteiger partial charge in [-0.25, -0.2) is 0 Å². The first-order valence-electron chi connectivity index (χ1n) is 7.53. The van der Waals surface area contributed by atoms with Crippen molar-refractivity contribution in [2.45, 2.75) is 12.5 Å². The van der Waals surface area contributed by atoms with Crippen LogP contribution in [0.4, 0.5) is 0 Å². The standard InChI is InChI=1S/C17H21N3O2/c1-18-9-8-12(10-18)20(3)17(22)16(21)14-11-19(2)15-7-5-4-6-13(14)15/h4-7,11-12H,8-10H2,1-3H3. The lowest BCUT2D eigenvalue weighted by Crippen LogP contribution is -2.42. The van der Waals surface area contributed by atoms with Gasteiger partial charge in [0, 0.05) is 43.8 Å². The van der Waals surface area contributed by atoms with E-state index in [2.05, 4.69) is 4.90 Å². The summed E-state index contributed by atoms with van der Waals surface area (Å²) < 4.78 is 1.89. The van der Waals surface area contributed by atoms with Crippen LogP contribution in [0.5, 0.6) is 0 Å². The van der Waals surface area contributed by atoms with Gasteiger partial charge in [-0.05, 0) is 26.1 Å². The van der Waals surface area contributed by atoms with Crippen LogP contribution >= 0.6 is 0 Å². The normalized spacial score (nSPS) is 18.8. The minimum atomic E-state index is -0.422. The van der Waals surface area contributed by atoms with Crippen molar-refractivity contribution in [3.05, 3.63) is 36.0 Å². The maximum absolute atomic E-state index is 12.6. The van der Waals surface area contributed by atoms with E-state index in [1.807, 2.05) is 42.9 Å². The number of likely N-dealkylation sites (tertiary alicyclic amines) is 1. The Bertz CT molecular complexity index is 735. The number of ketones is 1. The number of amides is 1. The third-order valence-corrected chi connectivity index (χ3v) is 4.57. The lowest BCUT2D eigenvalue weighted by molar-refractivity contribution is -0.126. The number of para-hydroxylation sites is 1. The number of aryl methyl sites for hydroxylation is 1. The van der Waals surface area contributed by atoms with Crippen LogP contribution in [-0.4, -0.2) is 59.3 Å². The van der Waals surface area contributed by atoms with Gasteiger partial charge in [0.1, 0.15) is 0 Å². The third kappa shape index (κ3) is 2.41. The van der Waals surface area contributed by atoms with Crippen molar-refractivity contribution < 1.29 is 9.59 Å². The molecule has 0 N–H and O–H groups in total. The van der Waals surface area contributed by atoms with E-state index < -0.39 is 11.7 Å². The second-order valence-corrected chi connectivity index (χ2v) is 6.12. The molecule has 0 radical (unpaired) electrons. The fraction of sp³-hybridized carbons (Fsp3) is 0.412. The van der Waals surface area contributed by atoms with Crippen LogP contribution < -0.4 is 0 Å². The van der Waals surface area contributed by atoms with Crippen LogP contribution in [-0.2, 0) is 11.8 Å². The molecule has 1 saturated heterocycles. The molecular weight excluding hydrogens is 278 g/mol. The highest BCUT2D eigenvalue weighted by Crippen LogP contribution is 2.22. The molecule has 1 fully saturated rings. The average molecular weight is 299 g/mol. The summed E-state index contributed by atoms with van der Waals surface area (Å²) in [6.45, 7) is 1.79. The largest absolute Gasteiger partial charge is 0.350 e. The molecule has 5 heteroatoms. The average Bonchev–Trinajstić information content (AvgIpc) is 3.10. The number of carbonyl (C=O) groups is 2. The Hall–Kier alpha value is -2.14. The van der Waals surface area contributed by atoms with Gasteiger partial charge in [0.05, 0.1) is 5.56 Å². The van der Waals surface area contributed by atoms with E-state index in [0.717, 1.165) is 30.4 Å². The summed E-state index contributed by atoms with van der Waals surface area (Å²) in [5.41, 5.74) is 1.45. The lowest BCUT2D eigenvalue weighted by Gasteiger charge is -2.23. The Balaban J connectivity index is 1.87. The van der Waals surface area contributed by atoms with E-state index in [-0.39, 0.29) is 6.04 Å². The maximum Gasteiger partial charge on any atom is 0.295 e. The van der Waals surface area contributed by atoms with E-state index in [9.17, 15) is 9.59 Å². The minimum Gasteiger partial charge on any atom is -0.350 e. The zero-order chi connectivity index (χ0) is 15.9. The van der Waals surface area contributed by atoms with Gasteiger partial charge < -0.3 is 14.4 Å². The Morgan fingerprint density at radius 2 is 1.95 bits per heavy atom. The van der Waals surface area contributed by atoms with Crippen molar-refractivity contribution in [1.29, 1.82) is 0 Å². The molecule has 1 aliphatic heterocycles. The molecule has 0 saturated carbocycles. The highest BCUT2D eigenvalue weighted by Gasteiger charge is 2.31. The van der Waals surface area contributed by atoms with E-state index in [1.165, 1.54) is 0 Å². The smallest absolute Gasteiger partial charge is 0.295 e. The first-order chi connectivity index (χ1) is 10.5. The van der Waals surface area contributed by atoms with E-state index in [4.69, 9.17) is 0 Å². The number of hydrogen-bond donors (Lipinski definition) is 0. The fourth-order valence-corrected chi connectivity index (χ4v) is 3.19. The lowest BCUT2D eigenvalue weighted by atomic mass is 10.1. The number of fused-ring (bicyclic) bond motifs is 1. The molecule has 22 heavy (non-hydrogen) atoms. The molecule has 116 valence electrons. The van der Waals surface area contributed by atoms with Gasteiger partial charge in [0.25, 0.3) is 11.7 Å². The third-order valence-electron chi connectivity index (χ3n) is 4.57. The monoisotopic (exact) mass is 299 g/mol. The molecule has 0 aliphatic carbocycles. The van der Waals surface area contributed by atoms with Crippen LogP contribution in [0.1, 0.15) is 16.8 Å². The van der Waals surface area contributed by atoms with Crippen LogP contribution in [0.25, 0.3) is 10.9 Å². The molecule has 5 nitrogen and oxygen atoms in total. The summed E-state index contributed by atoms with van der Waals surface area (Å²) in [5, 5.41) is 0.834. The van der Waals surface area contributed by atoms with Crippen LogP contribution in [0, 0.1) is 0 Å². The van der Waals surface area contributed by atoms with E-state index >= 15 is 0 Å². The summed E-state index contributed by atoms with van der Waals surface area (Å²) >= 11 is 0. The number of Topliss-reactive ketones (excluding diaryl/α,β-unsaturated/α-hetero) is 1. The molecule has 1 atom stereocenters. The Labute approximate surface area is 130 Å². The number of aromatic nitrogens is 1. The number of nitrogens with zero attached hydrogens (tertiary/aromatic N) is 3. The summed E-state index contributed by atoms with van der Waals surface area (Å²) in [4.78, 5) is 29.0. The highest BCUT2D eigenvalue weighted by atomic mass is 16.2. The summed E-state index contributed by atoms with van der Waals surface area (Å²) in [6, 6.07) is 7.78. The van der Waals surface area contributed by atoms with Crippen LogP contribution in [0.2, 0.25) is 0 Å². The zero-order valence-electron chi connectivity index (χ0n) is 13.2. The molecule has 1 aliphatic rings. The molecule has 1 amide bonds. The summed E-state index contributed by atoms with van der Waals surface area (Å²) in [7, 11) is 5.65. The van der Waals surface area contributed by atoms with Crippen molar-refractivity contribution >= 4 is 22.6 Å². The molecule has 1 aromatic heterocycles. The highest BCUT2D eigenvalue weighted by molar-refractivity contribution is 6.44. The minimum absolute atomic E-state index is 0.122. The Morgan fingerprint density at radius 1 is 1.23 bits per heavy atom. The van der Waals surface area contributed by atoms with Crippen molar-refractivity contribution in [1.82, 2.24) is 14.4 Å². The molecule has 3 rings (SSSR count). The summed E-state index contributed by atoms with van der Waals surface area (Å²) in [5.74, 6) is -0.842. The molecule has 1 aromatic carbocycles. The van der Waals surface area contributed by atoms with Gasteiger partial charge in [-0.2, -0.15) is 0 Å². The van der Waals surface area contributed by atoms with Gasteiger partial charge in [-0.3, -0.25) is 9.59 Å². The maximum atomic E-state index is 12.6. The van der Waals surface area contributed by atoms with E-state index in [1.54, 1.807) is 18.1 Å². The van der Waals surface area contributed by atoms with Gasteiger partial charge in [-0.15, -0.1) is 0 Å². The van der Waals surface area contributed by atoms with Crippen LogP contribution in [0.3, 0.4) is 0 Å². The van der Waals surface area contributed by atoms with Gasteiger partial charge in [-0.1, -0.05) is 18.2 Å². The summed E-state index contributed by atoms with van der Waals surface area (Å²) in [6.07, 6.45) is 2.67. The van der Waals surface area contributed by atoms with Crippen molar-refractivity contribution in [3.63, 3.8) is 0 Å². The second-order valence-electron chi connectivity index (χ2n) is 6.12. The number of rotatable bonds is 3. The first kappa shape index (κ1) is 14.8. The zero-order valence-corrected chi connectivity index (χ0v) is 13.2. The van der Waals surface area contributed by atoms with Crippen LogP contribution in [0.15, 0.2) is 30.5 Å². The molecule has 1 unspecified atom stereocenters. The Kier molecular flexibility index (Phi) is 3.74. The topological polar surface area (TPSA) is 45.6 Å². The Morgan fingerprint density at radius 3 is 2.64 bits per heavy atom. The predicted molar refractivity (Wildman–Crippen MR) is 85.9 cm³/mol. The molecule has 2 heterocycles. The number of likely N-dealkylation sites (N-methyl/N-ethyl adjacent to an activating group) is 2. The number of benzene rings is 1. The molecule has 0 spiro atoms. The van der Waals surface area contributed by atoms with Gasteiger partial charge in [0.2, 0.25) is 0 Å². The van der Waals surface area contributed by atoms with Crippen molar-refractivity contribution in [2.75, 3.05) is 27.2 Å². The van der Waals surface area contributed by atoms with Crippen molar-refractivity contribution in [2.24, 2.45) is 7.05 Å². The SMILES string of the molecule is CN1CCC(N(C)C(=O)C(=O)c2cn(C)c3ccccc23)C1. The van der Waals surface area contributed by atoms with Crippen molar-refractivity contribution in [3.8, 4) is 0 Å². The first-order valence-corrected chi connectivity index (χ1v) is 7.53. The quantitative estimate of drug-likeness (QED) is 0.638. The number of carbonyl (C=O) groups excluding carboxylic acids is 2. The second kappa shape index (κ2) is 5.57. The van der Waals surface area contributed by atoms with Gasteiger partial charge >= 0.3 is 0 Å². The molecular formula is C17H21N3O2. The number of hydrogen-bond acceptors (Lipinski definition) is 3. The van der Waals surface area contributed by atoms with Gasteiger partial charge in [0.15, 0.2) is 0 Å². The predicted octanol–water partition coefficient (Wildman–Crippen LogP) is 1.52. The van der Waals surface area contributed by atoms with E-state index in [0.29, 0.717) is 5.56 Å². The molecule has 0 bridgehead atoms. The molecule has 2 aromatic rings. The fourth-order valence-electron chi connectivity index (χ4n) is 3.19.